The molecule has 2 amide bonds. The number of hydrogen-bond donors (Lipinski definition) is 1. The molecular weight excluding hydrogens is 392 g/mol. The average Bonchev–Trinajstić information content (AvgIpc) is 2.83. The summed E-state index contributed by atoms with van der Waals surface area (Å²) in [7, 11) is 1.63. The summed E-state index contributed by atoms with van der Waals surface area (Å²) in [5.41, 5.74) is 2.52. The molecule has 0 aromatic heterocycles. The van der Waals surface area contributed by atoms with Gasteiger partial charge in [0, 0.05) is 30.8 Å². The third-order valence-electron chi connectivity index (χ3n) is 5.16. The van der Waals surface area contributed by atoms with E-state index in [2.05, 4.69) is 5.32 Å². The van der Waals surface area contributed by atoms with Crippen LogP contribution in [0.2, 0.25) is 0 Å². The third kappa shape index (κ3) is 6.00. The van der Waals surface area contributed by atoms with Crippen molar-refractivity contribution in [3.8, 4) is 11.5 Å². The van der Waals surface area contributed by atoms with Crippen molar-refractivity contribution in [1.29, 1.82) is 0 Å². The molecule has 1 heterocycles. The summed E-state index contributed by atoms with van der Waals surface area (Å²) in [6.45, 7) is 8.93. The monoisotopic (exact) mass is 424 g/mol. The highest BCUT2D eigenvalue weighted by Crippen LogP contribution is 2.31. The summed E-state index contributed by atoms with van der Waals surface area (Å²) in [6.07, 6.45) is 0.489. The van der Waals surface area contributed by atoms with Crippen LogP contribution in [0.25, 0.3) is 0 Å². The van der Waals surface area contributed by atoms with Gasteiger partial charge in [0.1, 0.15) is 11.5 Å². The Morgan fingerprint density at radius 2 is 1.90 bits per heavy atom. The Morgan fingerprint density at radius 1 is 1.19 bits per heavy atom. The first-order valence-corrected chi connectivity index (χ1v) is 10.7. The molecule has 166 valence electrons. The van der Waals surface area contributed by atoms with E-state index in [-0.39, 0.29) is 17.2 Å². The van der Waals surface area contributed by atoms with Gasteiger partial charge in [0.05, 0.1) is 7.11 Å². The van der Waals surface area contributed by atoms with Gasteiger partial charge in [-0.25, -0.2) is 0 Å². The lowest BCUT2D eigenvalue weighted by molar-refractivity contribution is -0.139. The molecule has 3 rings (SSSR count). The minimum absolute atomic E-state index is 0.0282. The molecule has 1 aliphatic rings. The number of nitrogens with one attached hydrogen (secondary N) is 1. The SMILES string of the molecule is CC[C@H]1Oc2ccc(NC(=O)CC(C)(C)C)cc2CN(Cc2ccc(OC)cc2)C1=O. The molecule has 1 N–H and O–H groups in total. The van der Waals surface area contributed by atoms with Crippen LogP contribution < -0.4 is 14.8 Å². The average molecular weight is 425 g/mol. The van der Waals surface area contributed by atoms with Crippen LogP contribution in [0.4, 0.5) is 5.69 Å². The zero-order valence-electron chi connectivity index (χ0n) is 19.0. The summed E-state index contributed by atoms with van der Waals surface area (Å²) in [4.78, 5) is 27.3. The normalized spacial score (nSPS) is 16.2. The van der Waals surface area contributed by atoms with Gasteiger partial charge in [-0.2, -0.15) is 0 Å². The zero-order valence-corrected chi connectivity index (χ0v) is 19.0. The van der Waals surface area contributed by atoms with Crippen molar-refractivity contribution in [1.82, 2.24) is 4.90 Å². The number of ether oxygens (including phenoxy) is 2. The minimum Gasteiger partial charge on any atom is -0.497 e. The lowest BCUT2D eigenvalue weighted by Gasteiger charge is -2.23. The Labute approximate surface area is 184 Å². The van der Waals surface area contributed by atoms with E-state index in [4.69, 9.17) is 9.47 Å². The maximum atomic E-state index is 13.1. The third-order valence-corrected chi connectivity index (χ3v) is 5.16. The lowest BCUT2D eigenvalue weighted by atomic mass is 9.92. The van der Waals surface area contributed by atoms with Crippen molar-refractivity contribution in [2.45, 2.75) is 59.7 Å². The number of carbonyl (C=O) groups is 2. The first kappa shape index (κ1) is 22.7. The van der Waals surface area contributed by atoms with Gasteiger partial charge in [0.25, 0.3) is 5.91 Å². The number of amides is 2. The van der Waals surface area contributed by atoms with Crippen LogP contribution in [-0.4, -0.2) is 29.9 Å². The summed E-state index contributed by atoms with van der Waals surface area (Å²) < 4.78 is 11.3. The number of nitrogens with zero attached hydrogens (tertiary/aromatic N) is 1. The van der Waals surface area contributed by atoms with Crippen molar-refractivity contribution in [2.24, 2.45) is 5.41 Å². The fourth-order valence-corrected chi connectivity index (χ4v) is 3.62. The summed E-state index contributed by atoms with van der Waals surface area (Å²) in [5.74, 6) is 1.40. The topological polar surface area (TPSA) is 67.9 Å². The standard InChI is InChI=1S/C25H32N2O4/c1-6-21-24(29)27(15-17-7-10-20(30-5)11-8-17)16-18-13-19(9-12-22(18)31-21)26-23(28)14-25(2,3)4/h7-13,21H,6,14-16H2,1-5H3,(H,26,28)/t21-/m1/s1. The van der Waals surface area contributed by atoms with Crippen molar-refractivity contribution in [3.05, 3.63) is 53.6 Å². The second kappa shape index (κ2) is 9.41. The van der Waals surface area contributed by atoms with Crippen LogP contribution >= 0.6 is 0 Å². The molecule has 0 fully saturated rings. The van der Waals surface area contributed by atoms with Crippen LogP contribution in [-0.2, 0) is 22.7 Å². The van der Waals surface area contributed by atoms with Crippen LogP contribution in [0.3, 0.4) is 0 Å². The van der Waals surface area contributed by atoms with Gasteiger partial charge < -0.3 is 19.7 Å². The molecule has 2 aromatic carbocycles. The quantitative estimate of drug-likeness (QED) is 0.725. The molecule has 0 saturated carbocycles. The molecule has 31 heavy (non-hydrogen) atoms. The Bertz CT molecular complexity index is 932. The van der Waals surface area contributed by atoms with E-state index in [1.165, 1.54) is 0 Å². The fourth-order valence-electron chi connectivity index (χ4n) is 3.62. The van der Waals surface area contributed by atoms with Gasteiger partial charge in [-0.3, -0.25) is 9.59 Å². The van der Waals surface area contributed by atoms with Gasteiger partial charge in [-0.1, -0.05) is 39.8 Å². The Morgan fingerprint density at radius 3 is 2.52 bits per heavy atom. The van der Waals surface area contributed by atoms with Crippen molar-refractivity contribution in [3.63, 3.8) is 0 Å². The maximum absolute atomic E-state index is 13.1. The molecule has 0 unspecified atom stereocenters. The molecule has 0 bridgehead atoms. The Balaban J connectivity index is 1.82. The van der Waals surface area contributed by atoms with Crippen molar-refractivity contribution >= 4 is 17.5 Å². The molecule has 0 radical (unpaired) electrons. The van der Waals surface area contributed by atoms with Gasteiger partial charge in [-0.15, -0.1) is 0 Å². The van der Waals surface area contributed by atoms with E-state index in [1.807, 2.05) is 75.1 Å². The van der Waals surface area contributed by atoms with E-state index in [0.29, 0.717) is 37.4 Å². The lowest BCUT2D eigenvalue weighted by Crippen LogP contribution is -2.38. The summed E-state index contributed by atoms with van der Waals surface area (Å²) in [5, 5.41) is 2.97. The Kier molecular flexibility index (Phi) is 6.88. The number of carbonyl (C=O) groups excluding carboxylic acids is 2. The molecule has 2 aromatic rings. The number of rotatable bonds is 6. The van der Waals surface area contributed by atoms with Crippen LogP contribution in [0.15, 0.2) is 42.5 Å². The summed E-state index contributed by atoms with van der Waals surface area (Å²) in [6, 6.07) is 13.3. The second-order valence-electron chi connectivity index (χ2n) is 9.17. The van der Waals surface area contributed by atoms with Crippen LogP contribution in [0, 0.1) is 5.41 Å². The summed E-state index contributed by atoms with van der Waals surface area (Å²) >= 11 is 0. The second-order valence-corrected chi connectivity index (χ2v) is 9.17. The van der Waals surface area contributed by atoms with E-state index < -0.39 is 6.10 Å². The number of hydrogen-bond acceptors (Lipinski definition) is 4. The maximum Gasteiger partial charge on any atom is 0.264 e. The number of anilines is 1. The molecule has 0 spiro atoms. The van der Waals surface area contributed by atoms with Crippen LogP contribution in [0.1, 0.15) is 51.7 Å². The van der Waals surface area contributed by atoms with Gasteiger partial charge in [-0.05, 0) is 47.7 Å². The van der Waals surface area contributed by atoms with Crippen molar-refractivity contribution in [2.75, 3.05) is 12.4 Å². The molecule has 6 heteroatoms. The number of methoxy groups -OCH3 is 1. The van der Waals surface area contributed by atoms with Gasteiger partial charge >= 0.3 is 0 Å². The predicted octanol–water partition coefficient (Wildman–Crippen LogP) is 4.77. The highest BCUT2D eigenvalue weighted by molar-refractivity contribution is 5.91. The predicted molar refractivity (Wildman–Crippen MR) is 121 cm³/mol. The molecule has 1 aliphatic heterocycles. The highest BCUT2D eigenvalue weighted by atomic mass is 16.5. The van der Waals surface area contributed by atoms with Crippen molar-refractivity contribution < 1.29 is 19.1 Å². The van der Waals surface area contributed by atoms with E-state index in [0.717, 1.165) is 16.9 Å². The molecule has 1 atom stereocenters. The molecule has 0 aliphatic carbocycles. The minimum atomic E-state index is -0.527. The van der Waals surface area contributed by atoms with Gasteiger partial charge in [0.15, 0.2) is 6.10 Å². The molecule has 6 nitrogen and oxygen atoms in total. The largest absolute Gasteiger partial charge is 0.497 e. The first-order chi connectivity index (χ1) is 14.7. The zero-order chi connectivity index (χ0) is 22.6. The fraction of sp³-hybridized carbons (Fsp3) is 0.440. The molecular formula is C25H32N2O4. The highest BCUT2D eigenvalue weighted by Gasteiger charge is 2.30. The van der Waals surface area contributed by atoms with E-state index in [1.54, 1.807) is 7.11 Å². The van der Waals surface area contributed by atoms with Gasteiger partial charge in [0.2, 0.25) is 5.91 Å². The number of benzene rings is 2. The Hall–Kier alpha value is -3.02. The first-order valence-electron chi connectivity index (χ1n) is 10.7. The number of fused-ring (bicyclic) bond motifs is 1. The van der Waals surface area contributed by atoms with Crippen LogP contribution in [0.5, 0.6) is 11.5 Å². The smallest absolute Gasteiger partial charge is 0.264 e. The molecule has 0 saturated heterocycles. The van der Waals surface area contributed by atoms with E-state index >= 15 is 0 Å². The van der Waals surface area contributed by atoms with E-state index in [9.17, 15) is 9.59 Å².